The van der Waals surface area contributed by atoms with Crippen LogP contribution in [0.3, 0.4) is 0 Å². The number of aliphatic imine (C=N–C) groups is 1. The van der Waals surface area contributed by atoms with Gasteiger partial charge >= 0.3 is 0 Å². The largest absolute Gasteiger partial charge is 0.387 e. The molecule has 2 heteroatoms. The van der Waals surface area contributed by atoms with Crippen molar-refractivity contribution in [1.82, 2.24) is 0 Å². The highest BCUT2D eigenvalue weighted by atomic mass is 14.9. The van der Waals surface area contributed by atoms with Gasteiger partial charge in [0.2, 0.25) is 0 Å². The van der Waals surface area contributed by atoms with Crippen molar-refractivity contribution in [2.45, 2.75) is 13.3 Å². The van der Waals surface area contributed by atoms with Crippen molar-refractivity contribution < 1.29 is 0 Å². The monoisotopic (exact) mass is 150 g/mol. The molecular formula is C9H14N2. The maximum atomic E-state index is 5.50. The number of nitrogens with zero attached hydrogens (tertiary/aromatic N) is 1. The molecule has 0 unspecified atom stereocenters. The minimum atomic E-state index is 0.521. The third-order valence-electron chi connectivity index (χ3n) is 1.12. The number of rotatable bonds is 4. The van der Waals surface area contributed by atoms with E-state index >= 15 is 0 Å². The van der Waals surface area contributed by atoms with Crippen molar-refractivity contribution >= 4 is 5.84 Å². The molecule has 0 heterocycles. The molecule has 0 aromatic heterocycles. The number of allylic oxidation sites excluding steroid dienone is 1. The van der Waals surface area contributed by atoms with Crippen LogP contribution in [0.2, 0.25) is 0 Å². The summed E-state index contributed by atoms with van der Waals surface area (Å²) in [6, 6.07) is 0. The van der Waals surface area contributed by atoms with Gasteiger partial charge in [0.25, 0.3) is 0 Å². The average Bonchev–Trinajstić information content (AvgIpc) is 1.87. The zero-order valence-electron chi connectivity index (χ0n) is 6.93. The number of hydrogen-bond donors (Lipinski definition) is 1. The Hall–Kier alpha value is -1.31. The molecule has 0 radical (unpaired) electrons. The molecule has 0 spiro atoms. The van der Waals surface area contributed by atoms with Crippen molar-refractivity contribution in [2.24, 2.45) is 10.7 Å². The fraction of sp³-hybridized carbons (Fsp3) is 0.222. The van der Waals surface area contributed by atoms with Gasteiger partial charge in [0.15, 0.2) is 0 Å². The second kappa shape index (κ2) is 4.50. The molecular weight excluding hydrogens is 136 g/mol. The molecule has 2 N–H and O–H groups in total. The Bertz CT molecular complexity index is 212. The minimum Gasteiger partial charge on any atom is -0.387 e. The van der Waals surface area contributed by atoms with Crippen LogP contribution >= 0.6 is 0 Å². The van der Waals surface area contributed by atoms with Crippen LogP contribution in [0.4, 0.5) is 0 Å². The highest BCUT2D eigenvalue weighted by Crippen LogP contribution is 2.04. The summed E-state index contributed by atoms with van der Waals surface area (Å²) in [6.07, 6.45) is 2.29. The van der Waals surface area contributed by atoms with Crippen LogP contribution in [0, 0.1) is 0 Å². The van der Waals surface area contributed by atoms with Crippen molar-refractivity contribution in [3.8, 4) is 0 Å². The average molecular weight is 150 g/mol. The molecule has 2 nitrogen and oxygen atoms in total. The minimum absolute atomic E-state index is 0.521. The standard InChI is InChI=1S/C9H14N2/c1-5-6-9(10)11-8(4)7(2)3/h5H,1-2,4,6H2,3H3,(H2,10,11). The molecule has 0 aliphatic rings. The molecule has 0 amide bonds. The Morgan fingerprint density at radius 1 is 1.55 bits per heavy atom. The smallest absolute Gasteiger partial charge is 0.103 e. The van der Waals surface area contributed by atoms with E-state index in [2.05, 4.69) is 24.7 Å². The van der Waals surface area contributed by atoms with Gasteiger partial charge in [0, 0.05) is 6.42 Å². The molecule has 0 aromatic carbocycles. The molecule has 0 aliphatic heterocycles. The van der Waals surface area contributed by atoms with Crippen LogP contribution in [0.15, 0.2) is 42.1 Å². The number of nitrogens with two attached hydrogens (primary N) is 1. The van der Waals surface area contributed by atoms with E-state index in [4.69, 9.17) is 5.73 Å². The SMILES string of the molecule is C=CCC(N)=NC(=C)C(=C)C. The molecule has 0 saturated heterocycles. The van der Waals surface area contributed by atoms with E-state index in [1.54, 1.807) is 6.08 Å². The lowest BCUT2D eigenvalue weighted by Crippen LogP contribution is -2.10. The van der Waals surface area contributed by atoms with Gasteiger partial charge in [0.1, 0.15) is 5.84 Å². The van der Waals surface area contributed by atoms with Gasteiger partial charge < -0.3 is 5.73 Å². The third-order valence-corrected chi connectivity index (χ3v) is 1.12. The van der Waals surface area contributed by atoms with Gasteiger partial charge in [0.05, 0.1) is 5.70 Å². The Kier molecular flexibility index (Phi) is 3.96. The Morgan fingerprint density at radius 2 is 2.09 bits per heavy atom. The number of amidine groups is 1. The summed E-state index contributed by atoms with van der Waals surface area (Å²) in [5.74, 6) is 0.521. The molecule has 0 aliphatic carbocycles. The lowest BCUT2D eigenvalue weighted by molar-refractivity contribution is 1.26. The summed E-state index contributed by atoms with van der Waals surface area (Å²) in [4.78, 5) is 4.00. The molecule has 0 atom stereocenters. The quantitative estimate of drug-likeness (QED) is 0.283. The first-order chi connectivity index (χ1) is 5.07. The van der Waals surface area contributed by atoms with Crippen LogP contribution in [0.25, 0.3) is 0 Å². The van der Waals surface area contributed by atoms with Gasteiger partial charge in [-0.3, -0.25) is 0 Å². The first kappa shape index (κ1) is 9.69. The first-order valence-corrected chi connectivity index (χ1v) is 3.36. The van der Waals surface area contributed by atoms with Crippen LogP contribution in [0.5, 0.6) is 0 Å². The summed E-state index contributed by atoms with van der Waals surface area (Å²) < 4.78 is 0. The maximum Gasteiger partial charge on any atom is 0.103 e. The van der Waals surface area contributed by atoms with E-state index in [9.17, 15) is 0 Å². The lowest BCUT2D eigenvalue weighted by atomic mass is 10.3. The van der Waals surface area contributed by atoms with E-state index < -0.39 is 0 Å². The van der Waals surface area contributed by atoms with Crippen molar-refractivity contribution in [3.63, 3.8) is 0 Å². The summed E-state index contributed by atoms with van der Waals surface area (Å²) >= 11 is 0. The second-order valence-electron chi connectivity index (χ2n) is 2.32. The van der Waals surface area contributed by atoms with E-state index in [-0.39, 0.29) is 0 Å². The molecule has 0 saturated carbocycles. The van der Waals surface area contributed by atoms with E-state index in [0.29, 0.717) is 18.0 Å². The van der Waals surface area contributed by atoms with Crippen LogP contribution in [-0.4, -0.2) is 5.84 Å². The van der Waals surface area contributed by atoms with Crippen molar-refractivity contribution in [1.29, 1.82) is 0 Å². The highest BCUT2D eigenvalue weighted by molar-refractivity contribution is 5.82. The van der Waals surface area contributed by atoms with Gasteiger partial charge in [-0.2, -0.15) is 0 Å². The number of hydrogen-bond acceptors (Lipinski definition) is 1. The predicted molar refractivity (Wildman–Crippen MR) is 50.4 cm³/mol. The summed E-state index contributed by atoms with van der Waals surface area (Å²) in [5, 5.41) is 0. The third kappa shape index (κ3) is 4.14. The summed E-state index contributed by atoms with van der Waals surface area (Å²) in [5.41, 5.74) is 6.96. The zero-order chi connectivity index (χ0) is 8.85. The Morgan fingerprint density at radius 3 is 2.45 bits per heavy atom. The molecule has 60 valence electrons. The molecule has 0 fully saturated rings. The lowest BCUT2D eigenvalue weighted by Gasteiger charge is -1.98. The first-order valence-electron chi connectivity index (χ1n) is 3.36. The Balaban J connectivity index is 4.18. The predicted octanol–water partition coefficient (Wildman–Crippen LogP) is 2.01. The normalized spacial score (nSPS) is 10.8. The maximum absolute atomic E-state index is 5.50. The van der Waals surface area contributed by atoms with E-state index in [1.165, 1.54) is 0 Å². The van der Waals surface area contributed by atoms with Crippen LogP contribution in [-0.2, 0) is 0 Å². The summed E-state index contributed by atoms with van der Waals surface area (Å²) in [6.45, 7) is 12.7. The van der Waals surface area contributed by atoms with Crippen molar-refractivity contribution in [2.75, 3.05) is 0 Å². The summed E-state index contributed by atoms with van der Waals surface area (Å²) in [7, 11) is 0. The van der Waals surface area contributed by atoms with Gasteiger partial charge in [-0.25, -0.2) is 4.99 Å². The van der Waals surface area contributed by atoms with E-state index in [1.807, 2.05) is 6.92 Å². The molecule has 0 rings (SSSR count). The fourth-order valence-electron chi connectivity index (χ4n) is 0.462. The van der Waals surface area contributed by atoms with Gasteiger partial charge in [-0.1, -0.05) is 19.2 Å². The van der Waals surface area contributed by atoms with Crippen LogP contribution < -0.4 is 5.73 Å². The molecule has 11 heavy (non-hydrogen) atoms. The zero-order valence-corrected chi connectivity index (χ0v) is 6.93. The molecule has 0 bridgehead atoms. The van der Waals surface area contributed by atoms with E-state index in [0.717, 1.165) is 5.57 Å². The highest BCUT2D eigenvalue weighted by Gasteiger charge is 1.92. The van der Waals surface area contributed by atoms with Crippen molar-refractivity contribution in [3.05, 3.63) is 37.1 Å². The second-order valence-corrected chi connectivity index (χ2v) is 2.32. The molecule has 0 aromatic rings. The van der Waals surface area contributed by atoms with Gasteiger partial charge in [-0.05, 0) is 12.5 Å². The van der Waals surface area contributed by atoms with Gasteiger partial charge in [-0.15, -0.1) is 6.58 Å². The fourth-order valence-corrected chi connectivity index (χ4v) is 0.462. The topological polar surface area (TPSA) is 38.4 Å². The van der Waals surface area contributed by atoms with Crippen LogP contribution in [0.1, 0.15) is 13.3 Å². The Labute approximate surface area is 67.8 Å².